The van der Waals surface area contributed by atoms with Crippen LogP contribution in [0.25, 0.3) is 5.70 Å². The molecule has 3 rings (SSSR count). The summed E-state index contributed by atoms with van der Waals surface area (Å²) in [6.45, 7) is 5.22. The van der Waals surface area contributed by atoms with E-state index >= 15 is 0 Å². The zero-order chi connectivity index (χ0) is 16.8. The monoisotopic (exact) mass is 355 g/mol. The highest BCUT2D eigenvalue weighted by molar-refractivity contribution is 8.76. The Morgan fingerprint density at radius 3 is 2.29 bits per heavy atom. The van der Waals surface area contributed by atoms with Crippen LogP contribution in [0.3, 0.4) is 0 Å². The van der Waals surface area contributed by atoms with Crippen molar-refractivity contribution in [2.45, 2.75) is 44.6 Å². The van der Waals surface area contributed by atoms with E-state index in [1.807, 2.05) is 21.6 Å². The maximum atomic E-state index is 3.70. The molecule has 0 aliphatic heterocycles. The predicted octanol–water partition coefficient (Wildman–Crippen LogP) is 6.44. The molecule has 1 nitrogen and oxygen atoms in total. The average molecular weight is 356 g/mol. The summed E-state index contributed by atoms with van der Waals surface area (Å²) in [5.74, 6) is 1.14. The Balaban J connectivity index is 1.67. The summed E-state index contributed by atoms with van der Waals surface area (Å²) < 4.78 is 0. The summed E-state index contributed by atoms with van der Waals surface area (Å²) in [7, 11) is 3.75. The van der Waals surface area contributed by atoms with Crippen LogP contribution < -0.4 is 5.32 Å². The third-order valence-electron chi connectivity index (χ3n) is 4.32. The standard InChI is InChI=1S/C21H25NS2/c1-3-23-24-20-13-9-17(10-14-20)15-22-21(18-5-4-6-18)19-11-7-16(2)8-12-19/h7-14,22H,3-6,15H2,1-2H3. The topological polar surface area (TPSA) is 12.0 Å². The summed E-state index contributed by atoms with van der Waals surface area (Å²) in [6, 6.07) is 17.8. The Kier molecular flexibility index (Phi) is 6.33. The van der Waals surface area contributed by atoms with E-state index in [9.17, 15) is 0 Å². The lowest BCUT2D eigenvalue weighted by Crippen LogP contribution is -2.16. The van der Waals surface area contributed by atoms with Crippen molar-refractivity contribution in [2.24, 2.45) is 0 Å². The Morgan fingerprint density at radius 1 is 1.00 bits per heavy atom. The number of aryl methyl sites for hydroxylation is 1. The zero-order valence-corrected chi connectivity index (χ0v) is 16.1. The minimum atomic E-state index is 0.887. The van der Waals surface area contributed by atoms with Crippen molar-refractivity contribution < 1.29 is 0 Å². The summed E-state index contributed by atoms with van der Waals surface area (Å²) in [4.78, 5) is 1.33. The molecule has 0 aromatic heterocycles. The number of hydrogen-bond donors (Lipinski definition) is 1. The van der Waals surface area contributed by atoms with E-state index in [1.54, 1.807) is 5.57 Å². The van der Waals surface area contributed by atoms with Gasteiger partial charge in [-0.25, -0.2) is 0 Å². The van der Waals surface area contributed by atoms with Crippen LogP contribution in [0.4, 0.5) is 0 Å². The molecule has 2 aromatic carbocycles. The lowest BCUT2D eigenvalue weighted by molar-refractivity contribution is 0.655. The fraction of sp³-hybridized carbons (Fsp3) is 0.333. The molecule has 126 valence electrons. The number of benzene rings is 2. The van der Waals surface area contributed by atoms with Crippen molar-refractivity contribution in [3.63, 3.8) is 0 Å². The van der Waals surface area contributed by atoms with E-state index in [1.165, 1.54) is 46.5 Å². The zero-order valence-electron chi connectivity index (χ0n) is 14.5. The van der Waals surface area contributed by atoms with Crippen LogP contribution in [0.2, 0.25) is 0 Å². The third kappa shape index (κ3) is 4.61. The highest BCUT2D eigenvalue weighted by Crippen LogP contribution is 2.33. The predicted molar refractivity (Wildman–Crippen MR) is 109 cm³/mol. The summed E-state index contributed by atoms with van der Waals surface area (Å²) >= 11 is 0. The SMILES string of the molecule is CCSSc1ccc(CNC(=C2CCC2)c2ccc(C)cc2)cc1. The van der Waals surface area contributed by atoms with Crippen LogP contribution in [-0.2, 0) is 6.54 Å². The molecule has 1 aliphatic carbocycles. The van der Waals surface area contributed by atoms with Crippen molar-refractivity contribution in [2.75, 3.05) is 5.75 Å². The molecule has 0 spiro atoms. The van der Waals surface area contributed by atoms with Gasteiger partial charge in [0.2, 0.25) is 0 Å². The van der Waals surface area contributed by atoms with E-state index < -0.39 is 0 Å². The molecular weight excluding hydrogens is 330 g/mol. The first kappa shape index (κ1) is 17.5. The smallest absolute Gasteiger partial charge is 0.0408 e. The van der Waals surface area contributed by atoms with Crippen molar-refractivity contribution in [1.29, 1.82) is 0 Å². The van der Waals surface area contributed by atoms with Gasteiger partial charge in [-0.1, -0.05) is 70.5 Å². The van der Waals surface area contributed by atoms with E-state index in [2.05, 4.69) is 67.7 Å². The molecule has 1 saturated carbocycles. The lowest BCUT2D eigenvalue weighted by Gasteiger charge is -2.24. The van der Waals surface area contributed by atoms with Gasteiger partial charge < -0.3 is 5.32 Å². The second-order valence-electron chi connectivity index (χ2n) is 6.19. The van der Waals surface area contributed by atoms with Crippen molar-refractivity contribution in [1.82, 2.24) is 5.32 Å². The summed E-state index contributed by atoms with van der Waals surface area (Å²) in [6.07, 6.45) is 3.80. The molecule has 0 bridgehead atoms. The van der Waals surface area contributed by atoms with Gasteiger partial charge in [-0.05, 0) is 55.0 Å². The minimum absolute atomic E-state index is 0.887. The van der Waals surface area contributed by atoms with Gasteiger partial charge in [0, 0.05) is 22.9 Å². The van der Waals surface area contributed by atoms with Gasteiger partial charge in [0.05, 0.1) is 0 Å². The fourth-order valence-corrected chi connectivity index (χ4v) is 4.33. The molecular formula is C21H25NS2. The summed E-state index contributed by atoms with van der Waals surface area (Å²) in [5.41, 5.74) is 6.90. The van der Waals surface area contributed by atoms with Crippen LogP contribution in [0.5, 0.6) is 0 Å². The molecule has 0 heterocycles. The highest BCUT2D eigenvalue weighted by atomic mass is 33.1. The number of nitrogens with one attached hydrogen (secondary N) is 1. The maximum Gasteiger partial charge on any atom is 0.0408 e. The quantitative estimate of drug-likeness (QED) is 0.574. The van der Waals surface area contributed by atoms with E-state index in [0.717, 1.165) is 12.3 Å². The summed E-state index contributed by atoms with van der Waals surface area (Å²) in [5, 5.41) is 3.70. The van der Waals surface area contributed by atoms with Crippen LogP contribution in [0.1, 0.15) is 42.9 Å². The lowest BCUT2D eigenvalue weighted by atomic mass is 9.88. The van der Waals surface area contributed by atoms with Crippen LogP contribution in [0, 0.1) is 6.92 Å². The molecule has 3 heteroatoms. The molecule has 1 fully saturated rings. The number of allylic oxidation sites excluding steroid dienone is 1. The molecule has 0 saturated heterocycles. The Labute approximate surface area is 153 Å². The Morgan fingerprint density at radius 2 is 1.71 bits per heavy atom. The second kappa shape index (κ2) is 8.68. The van der Waals surface area contributed by atoms with Gasteiger partial charge in [0.1, 0.15) is 0 Å². The van der Waals surface area contributed by atoms with Gasteiger partial charge in [0.15, 0.2) is 0 Å². The largest absolute Gasteiger partial charge is 0.381 e. The Bertz CT molecular complexity index is 681. The normalized spacial score (nSPS) is 13.5. The molecule has 0 atom stereocenters. The van der Waals surface area contributed by atoms with Crippen LogP contribution in [0.15, 0.2) is 59.0 Å². The van der Waals surface area contributed by atoms with E-state index in [-0.39, 0.29) is 0 Å². The van der Waals surface area contributed by atoms with Gasteiger partial charge in [0.25, 0.3) is 0 Å². The maximum absolute atomic E-state index is 3.70. The van der Waals surface area contributed by atoms with Crippen molar-refractivity contribution in [3.8, 4) is 0 Å². The molecule has 1 aliphatic rings. The average Bonchev–Trinajstić information content (AvgIpc) is 2.57. The van der Waals surface area contributed by atoms with E-state index in [0.29, 0.717) is 0 Å². The molecule has 2 aromatic rings. The molecule has 24 heavy (non-hydrogen) atoms. The first-order valence-corrected chi connectivity index (χ1v) is 11.0. The van der Waals surface area contributed by atoms with E-state index in [4.69, 9.17) is 0 Å². The fourth-order valence-electron chi connectivity index (χ4n) is 2.74. The number of hydrogen-bond acceptors (Lipinski definition) is 3. The third-order valence-corrected chi connectivity index (χ3v) is 6.77. The first-order chi connectivity index (χ1) is 11.8. The molecule has 0 unspecified atom stereocenters. The van der Waals surface area contributed by atoms with Crippen LogP contribution in [-0.4, -0.2) is 5.75 Å². The molecule has 1 N–H and O–H groups in total. The molecule has 0 amide bonds. The first-order valence-electron chi connectivity index (χ1n) is 8.67. The molecule has 0 radical (unpaired) electrons. The Hall–Kier alpha value is -1.32. The number of rotatable bonds is 7. The van der Waals surface area contributed by atoms with Crippen LogP contribution >= 0.6 is 21.6 Å². The van der Waals surface area contributed by atoms with Gasteiger partial charge >= 0.3 is 0 Å². The van der Waals surface area contributed by atoms with Crippen molar-refractivity contribution >= 4 is 27.3 Å². The second-order valence-corrected chi connectivity index (χ2v) is 8.84. The highest BCUT2D eigenvalue weighted by Gasteiger charge is 2.15. The van der Waals surface area contributed by atoms with Crippen molar-refractivity contribution in [3.05, 3.63) is 70.8 Å². The van der Waals surface area contributed by atoms with Gasteiger partial charge in [-0.3, -0.25) is 0 Å². The minimum Gasteiger partial charge on any atom is -0.381 e. The van der Waals surface area contributed by atoms with Gasteiger partial charge in [-0.15, -0.1) is 0 Å². The van der Waals surface area contributed by atoms with Gasteiger partial charge in [-0.2, -0.15) is 0 Å².